The lowest BCUT2D eigenvalue weighted by Crippen LogP contribution is -2.60. The van der Waals surface area contributed by atoms with Crippen molar-refractivity contribution in [3.8, 4) is 0 Å². The maximum Gasteiger partial charge on any atom is 0.312 e. The average molecular weight is 547 g/mol. The Labute approximate surface area is 232 Å². The van der Waals surface area contributed by atoms with Crippen molar-refractivity contribution in [1.29, 1.82) is 0 Å². The fourth-order valence-corrected chi connectivity index (χ4v) is 10.4. The second-order valence-electron chi connectivity index (χ2n) is 13.1. The molecule has 0 amide bonds. The van der Waals surface area contributed by atoms with Gasteiger partial charge in [-0.2, -0.15) is 0 Å². The number of ether oxygens (including phenoxy) is 1. The zero-order chi connectivity index (χ0) is 26.6. The number of aliphatic hydroxyl groups excluding tert-OH is 1. The number of benzene rings is 1. The summed E-state index contributed by atoms with van der Waals surface area (Å²) in [5, 5.41) is 19.1. The number of nitrogens with one attached hydrogen (secondary N) is 2. The molecule has 3 N–H and O–H groups in total. The SMILES string of the molecule is CCOC(=O)[C@]1(C)CCC[C@@]2(C)[C@@H]3CC[C@@]4(C)C[C@]3(CC[C@@H]21)[C@H](CO)[C@H]4NC(=S)Nc1cccc(Cl)c1. The molecule has 1 aromatic carbocycles. The number of carbonyl (C=O) groups excluding carboxylic acids is 1. The van der Waals surface area contributed by atoms with Crippen molar-refractivity contribution >= 4 is 40.6 Å². The van der Waals surface area contributed by atoms with Gasteiger partial charge in [0.15, 0.2) is 5.11 Å². The van der Waals surface area contributed by atoms with Gasteiger partial charge in [0.1, 0.15) is 0 Å². The molecule has 1 spiro atoms. The van der Waals surface area contributed by atoms with Gasteiger partial charge in [0.05, 0.1) is 12.0 Å². The van der Waals surface area contributed by atoms with Crippen molar-refractivity contribution in [2.45, 2.75) is 85.1 Å². The van der Waals surface area contributed by atoms with Crippen LogP contribution in [0.15, 0.2) is 24.3 Å². The van der Waals surface area contributed by atoms with E-state index < -0.39 is 5.41 Å². The third-order valence-corrected chi connectivity index (χ3v) is 11.8. The van der Waals surface area contributed by atoms with Crippen molar-refractivity contribution < 1.29 is 14.6 Å². The first-order valence-electron chi connectivity index (χ1n) is 14.1. The molecule has 4 saturated carbocycles. The van der Waals surface area contributed by atoms with Gasteiger partial charge in [-0.25, -0.2) is 0 Å². The highest BCUT2D eigenvalue weighted by Crippen LogP contribution is 2.75. The highest BCUT2D eigenvalue weighted by atomic mass is 35.5. The van der Waals surface area contributed by atoms with E-state index >= 15 is 0 Å². The lowest BCUT2D eigenvalue weighted by atomic mass is 9.39. The second-order valence-corrected chi connectivity index (χ2v) is 14.0. The number of esters is 1. The lowest BCUT2D eigenvalue weighted by molar-refractivity contribution is -0.193. The molecule has 204 valence electrons. The predicted octanol–water partition coefficient (Wildman–Crippen LogP) is 6.58. The third kappa shape index (κ3) is 4.21. The molecule has 37 heavy (non-hydrogen) atoms. The van der Waals surface area contributed by atoms with Gasteiger partial charge >= 0.3 is 5.97 Å². The van der Waals surface area contributed by atoms with Crippen LogP contribution in [0.4, 0.5) is 5.69 Å². The Balaban J connectivity index is 1.43. The Morgan fingerprint density at radius 1 is 1.16 bits per heavy atom. The van der Waals surface area contributed by atoms with E-state index in [1.165, 1.54) is 0 Å². The van der Waals surface area contributed by atoms with Crippen molar-refractivity contribution in [1.82, 2.24) is 5.32 Å². The number of anilines is 1. The summed E-state index contributed by atoms with van der Waals surface area (Å²) in [4.78, 5) is 13.2. The molecule has 4 aliphatic carbocycles. The number of hydrogen-bond donors (Lipinski definition) is 3. The molecule has 1 aromatic rings. The van der Waals surface area contributed by atoms with E-state index in [1.807, 2.05) is 31.2 Å². The number of halogens is 1. The van der Waals surface area contributed by atoms with Crippen molar-refractivity contribution in [2.75, 3.05) is 18.5 Å². The number of carbonyl (C=O) groups is 1. The van der Waals surface area contributed by atoms with Crippen LogP contribution >= 0.6 is 23.8 Å². The van der Waals surface area contributed by atoms with Gasteiger partial charge in [-0.15, -0.1) is 0 Å². The molecule has 5 nitrogen and oxygen atoms in total. The Morgan fingerprint density at radius 3 is 2.62 bits per heavy atom. The zero-order valence-corrected chi connectivity index (χ0v) is 24.3. The summed E-state index contributed by atoms with van der Waals surface area (Å²) in [7, 11) is 0. The van der Waals surface area contributed by atoms with E-state index in [4.69, 9.17) is 28.6 Å². The quantitative estimate of drug-likeness (QED) is 0.286. The van der Waals surface area contributed by atoms with Crippen LogP contribution in [0.1, 0.15) is 79.1 Å². The normalized spacial score (nSPS) is 42.3. The molecule has 0 aliphatic heterocycles. The van der Waals surface area contributed by atoms with E-state index in [0.29, 0.717) is 28.6 Å². The summed E-state index contributed by atoms with van der Waals surface area (Å²) in [6, 6.07) is 7.68. The van der Waals surface area contributed by atoms with Crippen LogP contribution in [0, 0.1) is 39.4 Å². The summed E-state index contributed by atoms with van der Waals surface area (Å²) >= 11 is 11.9. The molecule has 7 heteroatoms. The first-order chi connectivity index (χ1) is 17.5. The smallest absolute Gasteiger partial charge is 0.312 e. The van der Waals surface area contributed by atoms with E-state index in [0.717, 1.165) is 57.1 Å². The largest absolute Gasteiger partial charge is 0.466 e. The van der Waals surface area contributed by atoms with E-state index in [1.54, 1.807) is 0 Å². The van der Waals surface area contributed by atoms with Crippen LogP contribution < -0.4 is 10.6 Å². The Morgan fingerprint density at radius 2 is 1.92 bits per heavy atom. The number of rotatable bonds is 5. The summed E-state index contributed by atoms with van der Waals surface area (Å²) in [5.74, 6) is 0.922. The monoisotopic (exact) mass is 546 g/mol. The molecular weight excluding hydrogens is 504 g/mol. The third-order valence-electron chi connectivity index (χ3n) is 11.3. The maximum absolute atomic E-state index is 13.2. The molecule has 5 rings (SSSR count). The van der Waals surface area contributed by atoms with Crippen molar-refractivity contribution in [2.24, 2.45) is 39.4 Å². The summed E-state index contributed by atoms with van der Waals surface area (Å²) in [6.45, 7) is 9.51. The van der Waals surface area contributed by atoms with Crippen LogP contribution in [0.2, 0.25) is 5.02 Å². The minimum absolute atomic E-state index is 0.00960. The second kappa shape index (κ2) is 9.67. The van der Waals surface area contributed by atoms with Crippen molar-refractivity contribution in [3.05, 3.63) is 29.3 Å². The van der Waals surface area contributed by atoms with Crippen LogP contribution in [0.5, 0.6) is 0 Å². The molecule has 4 aliphatic rings. The molecule has 0 aromatic heterocycles. The topological polar surface area (TPSA) is 70.6 Å². The Bertz CT molecular complexity index is 1070. The van der Waals surface area contributed by atoms with Gasteiger partial charge in [-0.1, -0.05) is 37.9 Å². The van der Waals surface area contributed by atoms with E-state index in [9.17, 15) is 9.90 Å². The van der Waals surface area contributed by atoms with Crippen LogP contribution in [0.3, 0.4) is 0 Å². The highest BCUT2D eigenvalue weighted by molar-refractivity contribution is 7.80. The fraction of sp³-hybridized carbons (Fsp3) is 0.733. The maximum atomic E-state index is 13.2. The molecule has 0 radical (unpaired) electrons. The first kappa shape index (κ1) is 27.2. The molecule has 0 heterocycles. The van der Waals surface area contributed by atoms with E-state index in [2.05, 4.69) is 31.4 Å². The Hall–Kier alpha value is -1.37. The van der Waals surface area contributed by atoms with Gasteiger partial charge in [0.2, 0.25) is 0 Å². The van der Waals surface area contributed by atoms with Crippen LogP contribution in [-0.2, 0) is 9.53 Å². The predicted molar refractivity (Wildman–Crippen MR) is 152 cm³/mol. The fourth-order valence-electron chi connectivity index (χ4n) is 10.0. The number of thiocarbonyl (C=S) groups is 1. The first-order valence-corrected chi connectivity index (χ1v) is 14.9. The molecular formula is C30H43ClN2O3S. The molecule has 2 bridgehead atoms. The average Bonchev–Trinajstić information content (AvgIpc) is 3.00. The Kier molecular flexibility index (Phi) is 7.11. The summed E-state index contributed by atoms with van der Waals surface area (Å²) in [5.41, 5.74) is 0.636. The zero-order valence-electron chi connectivity index (χ0n) is 22.7. The van der Waals surface area contributed by atoms with Gasteiger partial charge in [0, 0.05) is 29.3 Å². The molecule has 8 atom stereocenters. The van der Waals surface area contributed by atoms with Gasteiger partial charge in [-0.05, 0) is 117 Å². The van der Waals surface area contributed by atoms with Crippen LogP contribution in [0.25, 0.3) is 0 Å². The van der Waals surface area contributed by atoms with E-state index in [-0.39, 0.29) is 40.8 Å². The minimum Gasteiger partial charge on any atom is -0.466 e. The number of fused-ring (bicyclic) bond motifs is 3. The molecule has 0 saturated heterocycles. The standard InChI is InChI=1S/C30H43ClN2O3S/c1-5-36-25(35)29(4)13-7-12-28(3)22(29)11-15-30-18-27(2,14-10-23(28)30)24(21(30)17-34)33-26(37)32-20-9-6-8-19(31)16-20/h6,8-9,16,21-24,34H,5,7,10-15,17-18H2,1-4H3,(H2,32,33,37)/t21-,22+,23+,24-,27+,28-,29-,30-/m1/s1. The molecule has 0 unspecified atom stereocenters. The summed E-state index contributed by atoms with van der Waals surface area (Å²) in [6.07, 6.45) is 8.56. The van der Waals surface area contributed by atoms with Gasteiger partial charge in [0.25, 0.3) is 0 Å². The number of aliphatic hydroxyl groups is 1. The minimum atomic E-state index is -0.418. The summed E-state index contributed by atoms with van der Waals surface area (Å²) < 4.78 is 5.63. The van der Waals surface area contributed by atoms with Gasteiger partial charge in [-0.3, -0.25) is 4.79 Å². The molecule has 4 fully saturated rings. The number of hydrogen-bond acceptors (Lipinski definition) is 4. The highest BCUT2D eigenvalue weighted by Gasteiger charge is 2.71. The lowest BCUT2D eigenvalue weighted by Gasteiger charge is -2.65. The van der Waals surface area contributed by atoms with Crippen LogP contribution in [-0.4, -0.2) is 35.4 Å². The van der Waals surface area contributed by atoms with Crippen molar-refractivity contribution in [3.63, 3.8) is 0 Å². The van der Waals surface area contributed by atoms with Gasteiger partial charge < -0.3 is 20.5 Å².